The summed E-state index contributed by atoms with van der Waals surface area (Å²) >= 11 is 0. The molecule has 7 nitrogen and oxygen atoms in total. The van der Waals surface area contributed by atoms with Crippen molar-refractivity contribution in [2.45, 2.75) is 19.8 Å². The van der Waals surface area contributed by atoms with Crippen LogP contribution in [0.15, 0.2) is 30.9 Å². The number of nitrogens with zero attached hydrogens (tertiary/aromatic N) is 4. The van der Waals surface area contributed by atoms with Gasteiger partial charge < -0.3 is 10.0 Å². The van der Waals surface area contributed by atoms with Gasteiger partial charge in [-0.05, 0) is 24.8 Å². The standard InChI is InChI=1S/C17H18N4O3/c1-11(22)21-5-2-12(10-21)6-15-16(20-4-3-19-15)13-7-14(17(23)24)9-18-8-13/h3-4,7-9,12H,2,5-6,10H2,1H3,(H,23,24)/t12-/m1/s1. The highest BCUT2D eigenvalue weighted by molar-refractivity contribution is 5.88. The topological polar surface area (TPSA) is 96.3 Å². The largest absolute Gasteiger partial charge is 0.478 e. The smallest absolute Gasteiger partial charge is 0.337 e. The van der Waals surface area contributed by atoms with Gasteiger partial charge in [0.05, 0.1) is 17.0 Å². The average molecular weight is 326 g/mol. The van der Waals surface area contributed by atoms with Crippen LogP contribution in [0.1, 0.15) is 29.4 Å². The van der Waals surface area contributed by atoms with Crippen LogP contribution in [0, 0.1) is 5.92 Å². The Hall–Kier alpha value is -2.83. The summed E-state index contributed by atoms with van der Waals surface area (Å²) < 4.78 is 0. The number of carbonyl (C=O) groups is 2. The molecule has 0 aromatic carbocycles. The molecule has 2 aromatic heterocycles. The third kappa shape index (κ3) is 3.40. The molecule has 0 bridgehead atoms. The Kier molecular flexibility index (Phi) is 4.50. The number of carboxylic acids is 1. The van der Waals surface area contributed by atoms with E-state index in [4.69, 9.17) is 5.11 Å². The molecule has 0 radical (unpaired) electrons. The van der Waals surface area contributed by atoms with Crippen molar-refractivity contribution in [1.82, 2.24) is 19.9 Å². The number of hydrogen-bond donors (Lipinski definition) is 1. The zero-order chi connectivity index (χ0) is 17.1. The lowest BCUT2D eigenvalue weighted by atomic mass is 9.99. The molecule has 1 amide bonds. The summed E-state index contributed by atoms with van der Waals surface area (Å²) in [5.74, 6) is -0.599. The maximum Gasteiger partial charge on any atom is 0.337 e. The Labute approximate surface area is 139 Å². The van der Waals surface area contributed by atoms with Crippen LogP contribution in [0.4, 0.5) is 0 Å². The first-order chi connectivity index (χ1) is 11.5. The molecule has 124 valence electrons. The highest BCUT2D eigenvalue weighted by Crippen LogP contribution is 2.26. The van der Waals surface area contributed by atoms with Crippen LogP contribution in [0.25, 0.3) is 11.3 Å². The molecule has 1 aliphatic rings. The fourth-order valence-electron chi connectivity index (χ4n) is 3.00. The highest BCUT2D eigenvalue weighted by Gasteiger charge is 2.25. The van der Waals surface area contributed by atoms with E-state index in [1.54, 1.807) is 31.6 Å². The van der Waals surface area contributed by atoms with Crippen LogP contribution < -0.4 is 0 Å². The Morgan fingerprint density at radius 3 is 2.79 bits per heavy atom. The van der Waals surface area contributed by atoms with E-state index in [0.29, 0.717) is 23.6 Å². The Bertz CT molecular complexity index is 778. The summed E-state index contributed by atoms with van der Waals surface area (Å²) in [4.78, 5) is 37.2. The number of rotatable bonds is 4. The van der Waals surface area contributed by atoms with Crippen molar-refractivity contribution < 1.29 is 14.7 Å². The molecule has 24 heavy (non-hydrogen) atoms. The Morgan fingerprint density at radius 1 is 1.29 bits per heavy atom. The molecule has 0 saturated carbocycles. The lowest BCUT2D eigenvalue weighted by molar-refractivity contribution is -0.127. The van der Waals surface area contributed by atoms with Crippen molar-refractivity contribution in [3.63, 3.8) is 0 Å². The van der Waals surface area contributed by atoms with E-state index in [1.165, 1.54) is 6.20 Å². The van der Waals surface area contributed by atoms with Gasteiger partial charge in [0.25, 0.3) is 0 Å². The molecular weight excluding hydrogens is 308 g/mol. The molecule has 3 rings (SSSR count). The summed E-state index contributed by atoms with van der Waals surface area (Å²) in [6.45, 7) is 3.07. The highest BCUT2D eigenvalue weighted by atomic mass is 16.4. The number of pyridine rings is 1. The molecule has 1 N–H and O–H groups in total. The molecule has 2 aromatic rings. The van der Waals surface area contributed by atoms with Gasteiger partial charge in [-0.15, -0.1) is 0 Å². The molecular formula is C17H18N4O3. The average Bonchev–Trinajstić information content (AvgIpc) is 3.04. The predicted octanol–water partition coefficient (Wildman–Crippen LogP) is 1.65. The first kappa shape index (κ1) is 16.0. The number of carboxylic acid groups (broad SMARTS) is 1. The molecule has 0 unspecified atom stereocenters. The zero-order valence-corrected chi connectivity index (χ0v) is 13.3. The Balaban J connectivity index is 1.85. The predicted molar refractivity (Wildman–Crippen MR) is 86.3 cm³/mol. The van der Waals surface area contributed by atoms with E-state index >= 15 is 0 Å². The van der Waals surface area contributed by atoms with Crippen molar-refractivity contribution in [3.8, 4) is 11.3 Å². The first-order valence-electron chi connectivity index (χ1n) is 7.78. The minimum atomic E-state index is -1.03. The van der Waals surface area contributed by atoms with Crippen molar-refractivity contribution >= 4 is 11.9 Å². The van der Waals surface area contributed by atoms with Gasteiger partial charge in [0.15, 0.2) is 0 Å². The van der Waals surface area contributed by atoms with Crippen LogP contribution in [-0.2, 0) is 11.2 Å². The van der Waals surface area contributed by atoms with Crippen LogP contribution in [0.5, 0.6) is 0 Å². The number of carbonyl (C=O) groups excluding carboxylic acids is 1. The number of amides is 1. The summed E-state index contributed by atoms with van der Waals surface area (Å²) in [6.07, 6.45) is 7.75. The first-order valence-corrected chi connectivity index (χ1v) is 7.78. The fraction of sp³-hybridized carbons (Fsp3) is 0.353. The van der Waals surface area contributed by atoms with Crippen molar-refractivity contribution in [2.75, 3.05) is 13.1 Å². The van der Waals surface area contributed by atoms with Crippen molar-refractivity contribution in [2.24, 2.45) is 5.92 Å². The molecule has 1 fully saturated rings. The zero-order valence-electron chi connectivity index (χ0n) is 13.3. The van der Waals surface area contributed by atoms with Crippen molar-refractivity contribution in [3.05, 3.63) is 42.1 Å². The summed E-state index contributed by atoms with van der Waals surface area (Å²) in [6, 6.07) is 1.55. The third-order valence-corrected chi connectivity index (χ3v) is 4.25. The van der Waals surface area contributed by atoms with Gasteiger partial charge in [-0.25, -0.2) is 4.79 Å². The van der Waals surface area contributed by atoms with E-state index < -0.39 is 5.97 Å². The SMILES string of the molecule is CC(=O)N1CC[C@H](Cc2nccnc2-c2cncc(C(=O)O)c2)C1. The van der Waals surface area contributed by atoms with E-state index in [-0.39, 0.29) is 11.5 Å². The second-order valence-electron chi connectivity index (χ2n) is 5.94. The normalized spacial score (nSPS) is 17.0. The summed E-state index contributed by atoms with van der Waals surface area (Å²) in [7, 11) is 0. The monoisotopic (exact) mass is 326 g/mol. The summed E-state index contributed by atoms with van der Waals surface area (Å²) in [5.41, 5.74) is 2.21. The van der Waals surface area contributed by atoms with Gasteiger partial charge in [-0.3, -0.25) is 19.7 Å². The number of aromatic carboxylic acids is 1. The molecule has 7 heteroatoms. The van der Waals surface area contributed by atoms with Gasteiger partial charge in [0.1, 0.15) is 0 Å². The van der Waals surface area contributed by atoms with Gasteiger partial charge in [-0.2, -0.15) is 0 Å². The van der Waals surface area contributed by atoms with Gasteiger partial charge >= 0.3 is 5.97 Å². The number of hydrogen-bond acceptors (Lipinski definition) is 5. The molecule has 1 atom stereocenters. The van der Waals surface area contributed by atoms with Crippen molar-refractivity contribution in [1.29, 1.82) is 0 Å². The minimum absolute atomic E-state index is 0.0928. The van der Waals surface area contributed by atoms with Gasteiger partial charge in [-0.1, -0.05) is 0 Å². The van der Waals surface area contributed by atoms with E-state index in [2.05, 4.69) is 15.0 Å². The lowest BCUT2D eigenvalue weighted by Gasteiger charge is -2.14. The minimum Gasteiger partial charge on any atom is -0.478 e. The number of likely N-dealkylation sites (tertiary alicyclic amines) is 1. The van der Waals surface area contributed by atoms with E-state index in [9.17, 15) is 9.59 Å². The van der Waals surface area contributed by atoms with Crippen LogP contribution >= 0.6 is 0 Å². The molecule has 0 aliphatic carbocycles. The van der Waals surface area contributed by atoms with Gasteiger partial charge in [0, 0.05) is 50.4 Å². The molecule has 1 aliphatic heterocycles. The summed E-state index contributed by atoms with van der Waals surface area (Å²) in [5, 5.41) is 9.12. The van der Waals surface area contributed by atoms with Crippen LogP contribution in [0.3, 0.4) is 0 Å². The number of aromatic nitrogens is 3. The lowest BCUT2D eigenvalue weighted by Crippen LogP contribution is -2.26. The quantitative estimate of drug-likeness (QED) is 0.917. The maximum absolute atomic E-state index is 11.5. The fourth-order valence-corrected chi connectivity index (χ4v) is 3.00. The second kappa shape index (κ2) is 6.74. The molecule has 3 heterocycles. The Morgan fingerprint density at radius 2 is 2.08 bits per heavy atom. The molecule has 1 saturated heterocycles. The second-order valence-corrected chi connectivity index (χ2v) is 5.94. The van der Waals surface area contributed by atoms with Crippen LogP contribution in [0.2, 0.25) is 0 Å². The van der Waals surface area contributed by atoms with Gasteiger partial charge in [0.2, 0.25) is 5.91 Å². The van der Waals surface area contributed by atoms with Crippen LogP contribution in [-0.4, -0.2) is 49.9 Å². The maximum atomic E-state index is 11.5. The van der Waals surface area contributed by atoms with E-state index in [0.717, 1.165) is 25.2 Å². The molecule has 0 spiro atoms. The third-order valence-electron chi connectivity index (χ3n) is 4.25. The van der Waals surface area contributed by atoms with E-state index in [1.807, 2.05) is 4.90 Å².